The Balaban J connectivity index is 1.87. The van der Waals surface area contributed by atoms with Crippen LogP contribution in [0.15, 0.2) is 42.0 Å². The molecule has 1 fully saturated rings. The van der Waals surface area contributed by atoms with E-state index in [1.165, 1.54) is 11.3 Å². The first kappa shape index (κ1) is 12.3. The van der Waals surface area contributed by atoms with Crippen LogP contribution in [0, 0.1) is 0 Å². The Bertz CT molecular complexity index is 541. The molecule has 0 saturated carbocycles. The Morgan fingerprint density at radius 1 is 1.42 bits per heavy atom. The molecule has 3 rings (SSSR count). The lowest BCUT2D eigenvalue weighted by molar-refractivity contribution is 0.0639. The molecule has 1 aliphatic rings. The van der Waals surface area contributed by atoms with Crippen molar-refractivity contribution in [1.29, 1.82) is 0 Å². The fraction of sp³-hybridized carbons (Fsp3) is 0.286. The lowest BCUT2D eigenvalue weighted by atomic mass is 10.1. The minimum Gasteiger partial charge on any atom is -0.328 e. The maximum atomic E-state index is 12.5. The van der Waals surface area contributed by atoms with E-state index in [1.807, 2.05) is 40.7 Å². The summed E-state index contributed by atoms with van der Waals surface area (Å²) in [6.07, 6.45) is 3.59. The molecule has 3 heterocycles. The largest absolute Gasteiger partial charge is 0.328 e. The molecule has 98 valence electrons. The Hall–Kier alpha value is -1.72. The maximum absolute atomic E-state index is 12.5. The third-order valence-corrected chi connectivity index (χ3v) is 4.16. The Morgan fingerprint density at radius 2 is 2.37 bits per heavy atom. The number of rotatable bonds is 2. The molecule has 1 aliphatic heterocycles. The van der Waals surface area contributed by atoms with Gasteiger partial charge in [0.05, 0.1) is 10.9 Å². The standard InChI is InChI=1S/C14H15N3OS/c18-14(13-4-2-8-19-13)17-7-6-16-10-12(17)11-3-1-5-15-9-11/h1-5,8-9,12,16H,6-7,10H2. The lowest BCUT2D eigenvalue weighted by Gasteiger charge is -2.36. The van der Waals surface area contributed by atoms with Gasteiger partial charge in [-0.1, -0.05) is 12.1 Å². The molecule has 0 aliphatic carbocycles. The van der Waals surface area contributed by atoms with Crippen LogP contribution in [0.5, 0.6) is 0 Å². The van der Waals surface area contributed by atoms with Crippen molar-refractivity contribution < 1.29 is 4.79 Å². The van der Waals surface area contributed by atoms with Crippen LogP contribution in [0.1, 0.15) is 21.3 Å². The predicted octanol–water partition coefficient (Wildman–Crippen LogP) is 1.93. The summed E-state index contributed by atoms with van der Waals surface area (Å²) in [4.78, 5) is 19.4. The van der Waals surface area contributed by atoms with E-state index in [0.29, 0.717) is 0 Å². The lowest BCUT2D eigenvalue weighted by Crippen LogP contribution is -2.48. The molecule has 1 atom stereocenters. The van der Waals surface area contributed by atoms with Gasteiger partial charge in [0.1, 0.15) is 0 Å². The van der Waals surface area contributed by atoms with Crippen LogP contribution in [0.4, 0.5) is 0 Å². The first-order chi connectivity index (χ1) is 9.36. The Morgan fingerprint density at radius 3 is 3.11 bits per heavy atom. The van der Waals surface area contributed by atoms with Crippen LogP contribution in [0.2, 0.25) is 0 Å². The van der Waals surface area contributed by atoms with Crippen molar-refractivity contribution in [2.24, 2.45) is 0 Å². The third kappa shape index (κ3) is 2.52. The van der Waals surface area contributed by atoms with Crippen molar-refractivity contribution in [3.8, 4) is 0 Å². The zero-order valence-electron chi connectivity index (χ0n) is 10.5. The van der Waals surface area contributed by atoms with Crippen LogP contribution in [-0.4, -0.2) is 35.4 Å². The van der Waals surface area contributed by atoms with Crippen LogP contribution < -0.4 is 5.32 Å². The van der Waals surface area contributed by atoms with Crippen LogP contribution >= 0.6 is 11.3 Å². The summed E-state index contributed by atoms with van der Waals surface area (Å²) in [7, 11) is 0. The number of amides is 1. The van der Waals surface area contributed by atoms with Gasteiger partial charge in [0.15, 0.2) is 0 Å². The first-order valence-corrected chi connectivity index (χ1v) is 7.19. The van der Waals surface area contributed by atoms with E-state index < -0.39 is 0 Å². The van der Waals surface area contributed by atoms with Gasteiger partial charge in [-0.25, -0.2) is 0 Å². The highest BCUT2D eigenvalue weighted by Crippen LogP contribution is 2.24. The minimum absolute atomic E-state index is 0.0667. The number of nitrogens with zero attached hydrogens (tertiary/aromatic N) is 2. The van der Waals surface area contributed by atoms with Gasteiger partial charge in [-0.05, 0) is 23.1 Å². The van der Waals surface area contributed by atoms with Gasteiger partial charge in [-0.3, -0.25) is 9.78 Å². The van der Waals surface area contributed by atoms with Crippen molar-refractivity contribution in [3.63, 3.8) is 0 Å². The average Bonchev–Trinajstić information content (AvgIpc) is 3.02. The monoisotopic (exact) mass is 273 g/mol. The van der Waals surface area contributed by atoms with E-state index in [2.05, 4.69) is 10.3 Å². The summed E-state index contributed by atoms with van der Waals surface area (Å²) >= 11 is 1.49. The Labute approximate surface area is 116 Å². The van der Waals surface area contributed by atoms with Crippen molar-refractivity contribution in [1.82, 2.24) is 15.2 Å². The number of piperazine rings is 1. The number of carbonyl (C=O) groups excluding carboxylic acids is 1. The van der Waals surface area contributed by atoms with E-state index in [9.17, 15) is 4.79 Å². The van der Waals surface area contributed by atoms with Crippen LogP contribution in [0.3, 0.4) is 0 Å². The van der Waals surface area contributed by atoms with E-state index in [0.717, 1.165) is 30.1 Å². The third-order valence-electron chi connectivity index (χ3n) is 3.31. The highest BCUT2D eigenvalue weighted by Gasteiger charge is 2.28. The molecule has 1 N–H and O–H groups in total. The summed E-state index contributed by atoms with van der Waals surface area (Å²) in [6.45, 7) is 2.35. The number of hydrogen-bond donors (Lipinski definition) is 1. The second-order valence-corrected chi connectivity index (χ2v) is 5.43. The number of hydrogen-bond acceptors (Lipinski definition) is 4. The van der Waals surface area contributed by atoms with Gasteiger partial charge in [-0.15, -0.1) is 11.3 Å². The second-order valence-electron chi connectivity index (χ2n) is 4.48. The predicted molar refractivity (Wildman–Crippen MR) is 75.2 cm³/mol. The first-order valence-electron chi connectivity index (χ1n) is 6.31. The van der Waals surface area contributed by atoms with E-state index >= 15 is 0 Å². The second kappa shape index (κ2) is 5.50. The molecule has 1 saturated heterocycles. The van der Waals surface area contributed by atoms with Crippen molar-refractivity contribution in [2.75, 3.05) is 19.6 Å². The quantitative estimate of drug-likeness (QED) is 0.909. The molecule has 1 unspecified atom stereocenters. The smallest absolute Gasteiger partial charge is 0.264 e. The number of carbonyl (C=O) groups is 1. The average molecular weight is 273 g/mol. The van der Waals surface area contributed by atoms with Gasteiger partial charge in [0.2, 0.25) is 0 Å². The van der Waals surface area contributed by atoms with Gasteiger partial charge in [0, 0.05) is 32.0 Å². The van der Waals surface area contributed by atoms with E-state index in [-0.39, 0.29) is 11.9 Å². The van der Waals surface area contributed by atoms with Crippen LogP contribution in [-0.2, 0) is 0 Å². The zero-order valence-corrected chi connectivity index (χ0v) is 11.3. The summed E-state index contributed by atoms with van der Waals surface area (Å²) in [5, 5.41) is 5.28. The zero-order chi connectivity index (χ0) is 13.1. The van der Waals surface area contributed by atoms with Crippen molar-refractivity contribution in [3.05, 3.63) is 52.5 Å². The number of nitrogens with one attached hydrogen (secondary N) is 1. The summed E-state index contributed by atoms with van der Waals surface area (Å²) in [5.74, 6) is 0.116. The van der Waals surface area contributed by atoms with Gasteiger partial charge in [0.25, 0.3) is 5.91 Å². The van der Waals surface area contributed by atoms with Crippen molar-refractivity contribution >= 4 is 17.2 Å². The van der Waals surface area contributed by atoms with E-state index in [4.69, 9.17) is 0 Å². The fourth-order valence-corrected chi connectivity index (χ4v) is 3.04. The molecular formula is C14H15N3OS. The maximum Gasteiger partial charge on any atom is 0.264 e. The van der Waals surface area contributed by atoms with Gasteiger partial charge < -0.3 is 10.2 Å². The highest BCUT2D eigenvalue weighted by atomic mass is 32.1. The molecule has 0 aromatic carbocycles. The van der Waals surface area contributed by atoms with Gasteiger partial charge in [-0.2, -0.15) is 0 Å². The molecule has 19 heavy (non-hydrogen) atoms. The number of aromatic nitrogens is 1. The number of pyridine rings is 1. The summed E-state index contributed by atoms with van der Waals surface area (Å²) < 4.78 is 0. The molecule has 0 bridgehead atoms. The fourth-order valence-electron chi connectivity index (χ4n) is 2.36. The molecule has 4 nitrogen and oxygen atoms in total. The molecule has 2 aromatic heterocycles. The molecule has 0 spiro atoms. The number of thiophene rings is 1. The van der Waals surface area contributed by atoms with Gasteiger partial charge >= 0.3 is 0 Å². The minimum atomic E-state index is 0.0667. The molecule has 1 amide bonds. The summed E-state index contributed by atoms with van der Waals surface area (Å²) in [6, 6.07) is 7.81. The Kier molecular flexibility index (Phi) is 3.57. The van der Waals surface area contributed by atoms with Crippen molar-refractivity contribution in [2.45, 2.75) is 6.04 Å². The topological polar surface area (TPSA) is 45.2 Å². The molecule has 2 aromatic rings. The van der Waals surface area contributed by atoms with Crippen LogP contribution in [0.25, 0.3) is 0 Å². The normalized spacial score (nSPS) is 19.4. The van der Waals surface area contributed by atoms with E-state index in [1.54, 1.807) is 6.20 Å². The highest BCUT2D eigenvalue weighted by molar-refractivity contribution is 7.12. The molecular weight excluding hydrogens is 258 g/mol. The molecule has 0 radical (unpaired) electrons. The SMILES string of the molecule is O=C(c1cccs1)N1CCNCC1c1cccnc1. The summed E-state index contributed by atoms with van der Waals surface area (Å²) in [5.41, 5.74) is 1.08. The molecule has 5 heteroatoms.